The summed E-state index contributed by atoms with van der Waals surface area (Å²) in [5.74, 6) is -0.233. The molecular weight excluding hydrogens is 352 g/mol. The molecule has 1 aromatic rings. The van der Waals surface area contributed by atoms with Crippen molar-refractivity contribution in [3.05, 3.63) is 24.3 Å². The number of carbonyl (C=O) groups is 3. The number of nitrogens with zero attached hydrogens (tertiary/aromatic N) is 1. The van der Waals surface area contributed by atoms with Gasteiger partial charge < -0.3 is 20.9 Å². The van der Waals surface area contributed by atoms with E-state index < -0.39 is 18.1 Å². The van der Waals surface area contributed by atoms with Crippen molar-refractivity contribution in [2.45, 2.75) is 43.3 Å². The van der Waals surface area contributed by atoms with Gasteiger partial charge >= 0.3 is 6.03 Å². The van der Waals surface area contributed by atoms with Gasteiger partial charge in [-0.15, -0.1) is 11.8 Å². The van der Waals surface area contributed by atoms with Crippen LogP contribution in [0.3, 0.4) is 0 Å². The van der Waals surface area contributed by atoms with Crippen LogP contribution in [0.4, 0.5) is 10.5 Å². The third-order valence-electron chi connectivity index (χ3n) is 4.82. The number of anilines is 1. The predicted molar refractivity (Wildman–Crippen MR) is 101 cm³/mol. The van der Waals surface area contributed by atoms with Crippen LogP contribution < -0.4 is 16.0 Å². The number of amides is 4. The summed E-state index contributed by atoms with van der Waals surface area (Å²) in [6.07, 6.45) is 2.53. The maximum atomic E-state index is 12.6. The second kappa shape index (κ2) is 7.57. The van der Waals surface area contributed by atoms with Crippen LogP contribution in [-0.2, 0) is 9.59 Å². The van der Waals surface area contributed by atoms with E-state index in [0.29, 0.717) is 18.7 Å². The Labute approximate surface area is 157 Å². The van der Waals surface area contributed by atoms with E-state index in [2.05, 4.69) is 16.0 Å². The summed E-state index contributed by atoms with van der Waals surface area (Å²) in [6, 6.07) is 5.64. The lowest BCUT2D eigenvalue weighted by Crippen LogP contribution is -2.66. The quantitative estimate of drug-likeness (QED) is 0.697. The largest absolute Gasteiger partial charge is 0.342 e. The van der Waals surface area contributed by atoms with Gasteiger partial charge in [-0.05, 0) is 36.8 Å². The molecule has 7 nitrogen and oxygen atoms in total. The van der Waals surface area contributed by atoms with Crippen LogP contribution in [0, 0.1) is 5.92 Å². The predicted octanol–water partition coefficient (Wildman–Crippen LogP) is 1.65. The molecule has 3 N–H and O–H groups in total. The number of thioether (sulfide) groups is 1. The molecule has 26 heavy (non-hydrogen) atoms. The second-order valence-electron chi connectivity index (χ2n) is 6.93. The molecule has 4 amide bonds. The number of carbonyl (C=O) groups excluding carboxylic acids is 3. The molecule has 8 heteroatoms. The molecule has 0 radical (unpaired) electrons. The lowest BCUT2D eigenvalue weighted by Gasteiger charge is -2.37. The Hall–Kier alpha value is -2.22. The molecule has 1 aromatic carbocycles. The van der Waals surface area contributed by atoms with Gasteiger partial charge in [0.15, 0.2) is 0 Å². The number of rotatable bonds is 4. The maximum Gasteiger partial charge on any atom is 0.319 e. The van der Waals surface area contributed by atoms with E-state index in [4.69, 9.17) is 0 Å². The minimum absolute atomic E-state index is 0.0337. The van der Waals surface area contributed by atoms with Crippen molar-refractivity contribution in [2.75, 3.05) is 18.1 Å². The van der Waals surface area contributed by atoms with Crippen molar-refractivity contribution in [1.29, 1.82) is 0 Å². The maximum absolute atomic E-state index is 12.6. The first-order valence-corrected chi connectivity index (χ1v) is 9.95. The summed E-state index contributed by atoms with van der Waals surface area (Å²) >= 11 is 1.59. The third-order valence-corrected chi connectivity index (χ3v) is 5.55. The molecule has 3 rings (SSSR count). The average Bonchev–Trinajstić information content (AvgIpc) is 3.02. The fraction of sp³-hybridized carbons (Fsp3) is 0.500. The number of hydrogen-bond acceptors (Lipinski definition) is 4. The van der Waals surface area contributed by atoms with E-state index in [1.165, 1.54) is 0 Å². The third kappa shape index (κ3) is 3.65. The number of urea groups is 1. The Balaban J connectivity index is 1.65. The van der Waals surface area contributed by atoms with Crippen molar-refractivity contribution in [1.82, 2.24) is 15.5 Å². The number of hydrogen-bond donors (Lipinski definition) is 3. The Morgan fingerprint density at radius 3 is 2.81 bits per heavy atom. The van der Waals surface area contributed by atoms with Gasteiger partial charge in [-0.25, -0.2) is 4.79 Å². The molecule has 2 aliphatic rings. The van der Waals surface area contributed by atoms with Crippen molar-refractivity contribution in [3.63, 3.8) is 0 Å². The van der Waals surface area contributed by atoms with E-state index >= 15 is 0 Å². The SMILES string of the molecule is CSc1cccc(NC(=O)NC2CCN3C(=O)C(C(C)C)NC(=O)C23)c1. The highest BCUT2D eigenvalue weighted by molar-refractivity contribution is 7.98. The monoisotopic (exact) mass is 376 g/mol. The molecule has 0 spiro atoms. The molecule has 0 aromatic heterocycles. The topological polar surface area (TPSA) is 90.5 Å². The smallest absolute Gasteiger partial charge is 0.319 e. The van der Waals surface area contributed by atoms with E-state index in [1.54, 1.807) is 16.7 Å². The summed E-state index contributed by atoms with van der Waals surface area (Å²) in [5.41, 5.74) is 0.688. The summed E-state index contributed by atoms with van der Waals surface area (Å²) in [5, 5.41) is 8.44. The zero-order chi connectivity index (χ0) is 18.8. The minimum atomic E-state index is -0.638. The van der Waals surface area contributed by atoms with Crippen LogP contribution >= 0.6 is 11.8 Å². The highest BCUT2D eigenvalue weighted by atomic mass is 32.2. The molecular formula is C18H24N4O3S. The molecule has 0 bridgehead atoms. The lowest BCUT2D eigenvalue weighted by molar-refractivity contribution is -0.148. The van der Waals surface area contributed by atoms with Crippen molar-refractivity contribution in [3.8, 4) is 0 Å². The fourth-order valence-electron chi connectivity index (χ4n) is 3.48. The number of nitrogens with one attached hydrogen (secondary N) is 3. The van der Waals surface area contributed by atoms with E-state index in [0.717, 1.165) is 4.90 Å². The Kier molecular flexibility index (Phi) is 5.41. The number of piperazine rings is 1. The number of benzene rings is 1. The first-order valence-electron chi connectivity index (χ1n) is 8.73. The highest BCUT2D eigenvalue weighted by Crippen LogP contribution is 2.25. The molecule has 2 saturated heterocycles. The molecule has 140 valence electrons. The highest BCUT2D eigenvalue weighted by Gasteiger charge is 2.49. The molecule has 3 atom stereocenters. The second-order valence-corrected chi connectivity index (χ2v) is 7.81. The van der Waals surface area contributed by atoms with Crippen LogP contribution in [0.5, 0.6) is 0 Å². The molecule has 3 unspecified atom stereocenters. The first-order chi connectivity index (χ1) is 12.4. The van der Waals surface area contributed by atoms with Crippen molar-refractivity contribution >= 4 is 35.3 Å². The molecule has 0 aliphatic carbocycles. The first kappa shape index (κ1) is 18.6. The summed E-state index contributed by atoms with van der Waals surface area (Å²) in [4.78, 5) is 40.0. The molecule has 0 saturated carbocycles. The fourth-order valence-corrected chi connectivity index (χ4v) is 3.94. The summed E-state index contributed by atoms with van der Waals surface area (Å²) < 4.78 is 0. The van der Waals surface area contributed by atoms with Crippen molar-refractivity contribution < 1.29 is 14.4 Å². The van der Waals surface area contributed by atoms with E-state index in [-0.39, 0.29) is 23.8 Å². The zero-order valence-corrected chi connectivity index (χ0v) is 15.9. The summed E-state index contributed by atoms with van der Waals surface area (Å²) in [6.45, 7) is 4.29. The Bertz CT molecular complexity index is 724. The zero-order valence-electron chi connectivity index (χ0n) is 15.1. The minimum Gasteiger partial charge on any atom is -0.342 e. The van der Waals surface area contributed by atoms with Crippen LogP contribution in [0.25, 0.3) is 0 Å². The Morgan fingerprint density at radius 1 is 1.35 bits per heavy atom. The molecule has 2 fully saturated rings. The van der Waals surface area contributed by atoms with Gasteiger partial charge in [-0.2, -0.15) is 0 Å². The molecule has 2 heterocycles. The van der Waals surface area contributed by atoms with Crippen LogP contribution in [0.15, 0.2) is 29.2 Å². The van der Waals surface area contributed by atoms with Gasteiger partial charge in [0.2, 0.25) is 11.8 Å². The van der Waals surface area contributed by atoms with Gasteiger partial charge in [0.1, 0.15) is 12.1 Å². The van der Waals surface area contributed by atoms with Crippen LogP contribution in [0.2, 0.25) is 0 Å². The van der Waals surface area contributed by atoms with E-state index in [9.17, 15) is 14.4 Å². The normalized spacial score (nSPS) is 25.1. The van der Waals surface area contributed by atoms with Crippen LogP contribution in [0.1, 0.15) is 20.3 Å². The van der Waals surface area contributed by atoms with Gasteiger partial charge in [0.05, 0.1) is 6.04 Å². The van der Waals surface area contributed by atoms with Gasteiger partial charge in [0, 0.05) is 17.1 Å². The standard InChI is InChI=1S/C18H24N4O3S/c1-10(2)14-17(24)22-8-7-13(15(22)16(23)21-14)20-18(25)19-11-5-4-6-12(9-11)26-3/h4-6,9-10,13-15H,7-8H2,1-3H3,(H,21,23)(H2,19,20,25). The van der Waals surface area contributed by atoms with Crippen LogP contribution in [-0.4, -0.2) is 53.7 Å². The van der Waals surface area contributed by atoms with Gasteiger partial charge in [-0.1, -0.05) is 19.9 Å². The summed E-state index contributed by atoms with van der Waals surface area (Å²) in [7, 11) is 0. The lowest BCUT2D eigenvalue weighted by atomic mass is 9.97. The number of fused-ring (bicyclic) bond motifs is 1. The Morgan fingerprint density at radius 2 is 2.12 bits per heavy atom. The average molecular weight is 376 g/mol. The van der Waals surface area contributed by atoms with Gasteiger partial charge in [0.25, 0.3) is 0 Å². The molecule has 2 aliphatic heterocycles. The van der Waals surface area contributed by atoms with Gasteiger partial charge in [-0.3, -0.25) is 9.59 Å². The van der Waals surface area contributed by atoms with Crippen molar-refractivity contribution in [2.24, 2.45) is 5.92 Å². The van der Waals surface area contributed by atoms with E-state index in [1.807, 2.05) is 44.4 Å².